The standard InChI is InChI=1S/C26H22ClN3O3S/c1-2-33-20-14-13-19-15-22(26(27)28-23(19)16-20)25-17-24(18-9-5-3-6-10-18)29-30(25)34(31,32)21-11-7-4-8-12-21/h3-16,25H,2,17H2,1H3/t25-/m0/s1. The van der Waals surface area contributed by atoms with E-state index < -0.39 is 16.1 Å². The summed E-state index contributed by atoms with van der Waals surface area (Å²) >= 11 is 6.64. The second-order valence-corrected chi connectivity index (χ2v) is 10.0. The van der Waals surface area contributed by atoms with Crippen molar-refractivity contribution < 1.29 is 13.2 Å². The van der Waals surface area contributed by atoms with Gasteiger partial charge in [-0.2, -0.15) is 17.9 Å². The van der Waals surface area contributed by atoms with Crippen molar-refractivity contribution in [2.75, 3.05) is 6.61 Å². The Labute approximate surface area is 203 Å². The van der Waals surface area contributed by atoms with Crippen LogP contribution in [0.3, 0.4) is 0 Å². The van der Waals surface area contributed by atoms with Crippen LogP contribution in [0.5, 0.6) is 5.75 Å². The van der Waals surface area contributed by atoms with E-state index in [2.05, 4.69) is 10.1 Å². The third-order valence-electron chi connectivity index (χ3n) is 5.71. The fourth-order valence-electron chi connectivity index (χ4n) is 4.08. The summed E-state index contributed by atoms with van der Waals surface area (Å²) in [6, 6.07) is 24.7. The van der Waals surface area contributed by atoms with E-state index >= 15 is 0 Å². The van der Waals surface area contributed by atoms with E-state index in [-0.39, 0.29) is 10.0 Å². The van der Waals surface area contributed by atoms with Gasteiger partial charge in [-0.05, 0) is 42.8 Å². The lowest BCUT2D eigenvalue weighted by Gasteiger charge is -2.24. The van der Waals surface area contributed by atoms with Gasteiger partial charge >= 0.3 is 0 Å². The highest BCUT2D eigenvalue weighted by molar-refractivity contribution is 7.89. The highest BCUT2D eigenvalue weighted by Crippen LogP contribution is 2.40. The third kappa shape index (κ3) is 4.13. The number of pyridine rings is 1. The molecular formula is C26H22ClN3O3S. The van der Waals surface area contributed by atoms with Gasteiger partial charge < -0.3 is 4.74 Å². The number of fused-ring (bicyclic) bond motifs is 1. The second kappa shape index (κ2) is 9.08. The molecule has 2 heterocycles. The van der Waals surface area contributed by atoms with Gasteiger partial charge in [-0.1, -0.05) is 60.1 Å². The number of nitrogens with zero attached hydrogens (tertiary/aromatic N) is 3. The molecule has 0 aliphatic carbocycles. The number of aromatic nitrogens is 1. The Hall–Kier alpha value is -3.42. The van der Waals surface area contributed by atoms with Crippen LogP contribution in [0.25, 0.3) is 10.9 Å². The first-order valence-electron chi connectivity index (χ1n) is 10.9. The van der Waals surface area contributed by atoms with Crippen LogP contribution in [-0.2, 0) is 10.0 Å². The van der Waals surface area contributed by atoms with Crippen LogP contribution in [0.15, 0.2) is 94.9 Å². The maximum Gasteiger partial charge on any atom is 0.279 e. The van der Waals surface area contributed by atoms with Gasteiger partial charge in [0.05, 0.1) is 28.8 Å². The molecule has 0 saturated heterocycles. The van der Waals surface area contributed by atoms with E-state index in [1.807, 2.05) is 61.5 Å². The summed E-state index contributed by atoms with van der Waals surface area (Å²) in [5.74, 6) is 0.704. The number of ether oxygens (including phenoxy) is 1. The van der Waals surface area contributed by atoms with Gasteiger partial charge in [0.15, 0.2) is 0 Å². The zero-order valence-electron chi connectivity index (χ0n) is 18.4. The lowest BCUT2D eigenvalue weighted by Crippen LogP contribution is -2.27. The number of hydrogen-bond acceptors (Lipinski definition) is 5. The molecule has 1 aromatic heterocycles. The molecule has 1 aliphatic rings. The van der Waals surface area contributed by atoms with Gasteiger partial charge in [-0.25, -0.2) is 4.98 Å². The highest BCUT2D eigenvalue weighted by atomic mass is 35.5. The number of hydrazone groups is 1. The molecule has 0 N–H and O–H groups in total. The summed E-state index contributed by atoms with van der Waals surface area (Å²) in [4.78, 5) is 4.73. The van der Waals surface area contributed by atoms with Gasteiger partial charge in [-0.15, -0.1) is 0 Å². The molecule has 5 rings (SSSR count). The summed E-state index contributed by atoms with van der Waals surface area (Å²) in [7, 11) is -3.92. The quantitative estimate of drug-likeness (QED) is 0.318. The number of halogens is 1. The molecule has 172 valence electrons. The van der Waals surface area contributed by atoms with E-state index in [0.717, 1.165) is 10.9 Å². The molecule has 8 heteroatoms. The Morgan fingerprint density at radius 3 is 2.41 bits per heavy atom. The van der Waals surface area contributed by atoms with Crippen molar-refractivity contribution in [1.82, 2.24) is 9.40 Å². The average Bonchev–Trinajstić information content (AvgIpc) is 3.31. The average molecular weight is 492 g/mol. The van der Waals surface area contributed by atoms with Crippen LogP contribution >= 0.6 is 11.6 Å². The SMILES string of the molecule is CCOc1ccc2cc([C@@H]3CC(c4ccccc4)=NN3S(=O)(=O)c3ccccc3)c(Cl)nc2c1. The van der Waals surface area contributed by atoms with Crippen LogP contribution < -0.4 is 4.74 Å². The molecule has 4 aromatic rings. The molecule has 0 fully saturated rings. The highest BCUT2D eigenvalue weighted by Gasteiger charge is 2.39. The minimum Gasteiger partial charge on any atom is -0.494 e. The lowest BCUT2D eigenvalue weighted by molar-refractivity contribution is 0.340. The molecular weight excluding hydrogens is 470 g/mol. The minimum atomic E-state index is -3.92. The van der Waals surface area contributed by atoms with Gasteiger partial charge in [0.25, 0.3) is 10.0 Å². The van der Waals surface area contributed by atoms with E-state index in [4.69, 9.17) is 16.3 Å². The lowest BCUT2D eigenvalue weighted by atomic mass is 9.99. The molecule has 1 atom stereocenters. The molecule has 0 amide bonds. The van der Waals surface area contributed by atoms with Crippen LogP contribution in [0.4, 0.5) is 0 Å². The molecule has 0 bridgehead atoms. The van der Waals surface area contributed by atoms with Crippen molar-refractivity contribution in [2.45, 2.75) is 24.3 Å². The molecule has 3 aromatic carbocycles. The first-order chi connectivity index (χ1) is 16.5. The van der Waals surface area contributed by atoms with Crippen molar-refractivity contribution in [3.05, 3.63) is 101 Å². The Bertz CT molecular complexity index is 1480. The van der Waals surface area contributed by atoms with Crippen molar-refractivity contribution in [3.8, 4) is 5.75 Å². The van der Waals surface area contributed by atoms with Crippen molar-refractivity contribution in [3.63, 3.8) is 0 Å². The van der Waals surface area contributed by atoms with Gasteiger partial charge in [0, 0.05) is 23.4 Å². The topological polar surface area (TPSA) is 71.9 Å². The van der Waals surface area contributed by atoms with Gasteiger partial charge in [-0.3, -0.25) is 0 Å². The summed E-state index contributed by atoms with van der Waals surface area (Å²) in [6.45, 7) is 2.46. The number of hydrogen-bond donors (Lipinski definition) is 0. The van der Waals surface area contributed by atoms with Crippen molar-refractivity contribution in [1.29, 1.82) is 0 Å². The van der Waals surface area contributed by atoms with Crippen molar-refractivity contribution in [2.24, 2.45) is 5.10 Å². The monoisotopic (exact) mass is 491 g/mol. The van der Waals surface area contributed by atoms with Crippen LogP contribution in [0, 0.1) is 0 Å². The predicted molar refractivity (Wildman–Crippen MR) is 134 cm³/mol. The normalized spacial score (nSPS) is 16.0. The summed E-state index contributed by atoms with van der Waals surface area (Å²) in [6.07, 6.45) is 0.375. The Kier molecular flexibility index (Phi) is 5.98. The molecule has 0 spiro atoms. The maximum atomic E-state index is 13.6. The predicted octanol–water partition coefficient (Wildman–Crippen LogP) is 5.83. The molecule has 0 unspecified atom stereocenters. The Morgan fingerprint density at radius 1 is 1.00 bits per heavy atom. The molecule has 1 aliphatic heterocycles. The van der Waals surface area contributed by atoms with Gasteiger partial charge in [0.1, 0.15) is 10.9 Å². The smallest absolute Gasteiger partial charge is 0.279 e. The van der Waals surface area contributed by atoms with E-state index in [0.29, 0.717) is 35.6 Å². The first kappa shape index (κ1) is 22.4. The fourth-order valence-corrected chi connectivity index (χ4v) is 5.80. The summed E-state index contributed by atoms with van der Waals surface area (Å²) in [5.41, 5.74) is 2.82. The van der Waals surface area contributed by atoms with Crippen LogP contribution in [0.2, 0.25) is 5.15 Å². The Morgan fingerprint density at radius 2 is 1.71 bits per heavy atom. The number of rotatable bonds is 6. The van der Waals surface area contributed by atoms with E-state index in [1.54, 1.807) is 30.3 Å². The summed E-state index contributed by atoms with van der Waals surface area (Å²) in [5, 5.41) is 5.66. The summed E-state index contributed by atoms with van der Waals surface area (Å²) < 4.78 is 34.0. The molecule has 0 saturated carbocycles. The van der Waals surface area contributed by atoms with Crippen molar-refractivity contribution >= 4 is 38.2 Å². The number of benzene rings is 3. The Balaban J connectivity index is 1.62. The number of sulfonamides is 1. The zero-order valence-corrected chi connectivity index (χ0v) is 20.0. The first-order valence-corrected chi connectivity index (χ1v) is 12.7. The third-order valence-corrected chi connectivity index (χ3v) is 7.71. The van der Waals surface area contributed by atoms with Gasteiger partial charge in [0.2, 0.25) is 0 Å². The van der Waals surface area contributed by atoms with Crippen LogP contribution in [-0.4, -0.2) is 30.1 Å². The maximum absolute atomic E-state index is 13.6. The minimum absolute atomic E-state index is 0.171. The van der Waals surface area contributed by atoms with E-state index in [9.17, 15) is 8.42 Å². The second-order valence-electron chi connectivity index (χ2n) is 7.88. The van der Waals surface area contributed by atoms with E-state index in [1.165, 1.54) is 4.41 Å². The van der Waals surface area contributed by atoms with Crippen LogP contribution in [0.1, 0.15) is 30.5 Å². The fraction of sp³-hybridized carbons (Fsp3) is 0.154. The largest absolute Gasteiger partial charge is 0.494 e. The molecule has 34 heavy (non-hydrogen) atoms. The molecule has 0 radical (unpaired) electrons. The molecule has 6 nitrogen and oxygen atoms in total. The zero-order chi connectivity index (χ0) is 23.7.